The van der Waals surface area contributed by atoms with Crippen molar-refractivity contribution >= 4 is 29.9 Å². The van der Waals surface area contributed by atoms with Gasteiger partial charge >= 0.3 is 0 Å². The van der Waals surface area contributed by atoms with Gasteiger partial charge in [0.15, 0.2) is 5.96 Å². The van der Waals surface area contributed by atoms with Gasteiger partial charge in [-0.05, 0) is 48.7 Å². The first-order valence-corrected chi connectivity index (χ1v) is 10.6. The van der Waals surface area contributed by atoms with E-state index >= 15 is 0 Å². The summed E-state index contributed by atoms with van der Waals surface area (Å²) >= 11 is 0. The minimum atomic E-state index is 0. The molecule has 0 amide bonds. The van der Waals surface area contributed by atoms with E-state index in [-0.39, 0.29) is 24.0 Å². The third-order valence-corrected chi connectivity index (χ3v) is 5.56. The highest BCUT2D eigenvalue weighted by Gasteiger charge is 2.12. The Bertz CT molecular complexity index is 788. The number of nitrogens with zero attached hydrogens (tertiary/aromatic N) is 2. The van der Waals surface area contributed by atoms with Gasteiger partial charge in [0.1, 0.15) is 5.75 Å². The van der Waals surface area contributed by atoms with Crippen molar-refractivity contribution in [1.82, 2.24) is 15.5 Å². The summed E-state index contributed by atoms with van der Waals surface area (Å²) in [6.07, 6.45) is 2.67. The molecule has 164 valence electrons. The topological polar surface area (TPSA) is 48.9 Å². The normalized spacial score (nSPS) is 15.4. The molecule has 2 N–H and O–H groups in total. The van der Waals surface area contributed by atoms with E-state index < -0.39 is 0 Å². The summed E-state index contributed by atoms with van der Waals surface area (Å²) in [7, 11) is 3.53. The van der Waals surface area contributed by atoms with Gasteiger partial charge in [-0.25, -0.2) is 0 Å². The van der Waals surface area contributed by atoms with E-state index in [9.17, 15) is 0 Å². The van der Waals surface area contributed by atoms with Crippen molar-refractivity contribution in [3.05, 3.63) is 65.2 Å². The number of guanidine groups is 1. The van der Waals surface area contributed by atoms with Crippen LogP contribution < -0.4 is 15.4 Å². The summed E-state index contributed by atoms with van der Waals surface area (Å²) in [5.41, 5.74) is 3.85. The van der Waals surface area contributed by atoms with E-state index in [1.807, 2.05) is 19.2 Å². The van der Waals surface area contributed by atoms with Crippen LogP contribution in [0.25, 0.3) is 0 Å². The molecule has 1 saturated heterocycles. The Balaban J connectivity index is 0.00000320. The van der Waals surface area contributed by atoms with Crippen LogP contribution in [0.4, 0.5) is 0 Å². The Kier molecular flexibility index (Phi) is 10.4. The van der Waals surface area contributed by atoms with Gasteiger partial charge in [0.05, 0.1) is 7.11 Å². The second-order valence-electron chi connectivity index (χ2n) is 7.75. The lowest BCUT2D eigenvalue weighted by atomic mass is 10.0. The van der Waals surface area contributed by atoms with Crippen molar-refractivity contribution in [2.75, 3.05) is 33.8 Å². The SMILES string of the molecule is CN=C(NCc1ccc(CN2CCCC2)cc1)NCC(C)c1ccccc1OC.I. The van der Waals surface area contributed by atoms with Crippen molar-refractivity contribution in [2.24, 2.45) is 4.99 Å². The molecule has 0 aliphatic carbocycles. The monoisotopic (exact) mass is 522 g/mol. The molecule has 0 aromatic heterocycles. The summed E-state index contributed by atoms with van der Waals surface area (Å²) in [5.74, 6) is 2.06. The maximum absolute atomic E-state index is 5.48. The molecule has 0 spiro atoms. The third-order valence-electron chi connectivity index (χ3n) is 5.56. The number of methoxy groups -OCH3 is 1. The number of nitrogens with one attached hydrogen (secondary N) is 2. The van der Waals surface area contributed by atoms with Crippen molar-refractivity contribution < 1.29 is 4.74 Å². The molecule has 1 aliphatic rings. The number of hydrogen-bond acceptors (Lipinski definition) is 3. The van der Waals surface area contributed by atoms with E-state index in [0.29, 0.717) is 5.92 Å². The molecular weight excluding hydrogens is 487 g/mol. The maximum Gasteiger partial charge on any atom is 0.191 e. The fourth-order valence-electron chi connectivity index (χ4n) is 3.80. The predicted molar refractivity (Wildman–Crippen MR) is 136 cm³/mol. The zero-order valence-electron chi connectivity index (χ0n) is 18.4. The van der Waals surface area contributed by atoms with E-state index in [0.717, 1.165) is 31.3 Å². The van der Waals surface area contributed by atoms with E-state index in [1.54, 1.807) is 7.11 Å². The van der Waals surface area contributed by atoms with Crippen molar-refractivity contribution in [3.63, 3.8) is 0 Å². The second-order valence-corrected chi connectivity index (χ2v) is 7.75. The summed E-state index contributed by atoms with van der Waals surface area (Å²) in [6.45, 7) is 7.27. The molecule has 0 bridgehead atoms. The largest absolute Gasteiger partial charge is 0.496 e. The molecule has 0 saturated carbocycles. The molecule has 1 atom stereocenters. The summed E-state index contributed by atoms with van der Waals surface area (Å²) in [6, 6.07) is 17.1. The molecule has 1 unspecified atom stereocenters. The van der Waals surface area contributed by atoms with Crippen LogP contribution in [0.15, 0.2) is 53.5 Å². The van der Waals surface area contributed by atoms with Crippen LogP contribution in [0.5, 0.6) is 5.75 Å². The highest BCUT2D eigenvalue weighted by Crippen LogP contribution is 2.25. The molecule has 1 heterocycles. The lowest BCUT2D eigenvalue weighted by Crippen LogP contribution is -2.38. The molecule has 3 rings (SSSR count). The number of hydrogen-bond donors (Lipinski definition) is 2. The minimum Gasteiger partial charge on any atom is -0.496 e. The molecule has 2 aromatic carbocycles. The Morgan fingerprint density at radius 2 is 1.70 bits per heavy atom. The Labute approximate surface area is 198 Å². The fourth-order valence-corrected chi connectivity index (χ4v) is 3.80. The van der Waals surface area contributed by atoms with Crippen LogP contribution in [0.1, 0.15) is 42.4 Å². The van der Waals surface area contributed by atoms with Crippen LogP contribution in [-0.2, 0) is 13.1 Å². The van der Waals surface area contributed by atoms with E-state index in [2.05, 4.69) is 63.8 Å². The minimum absolute atomic E-state index is 0. The number of para-hydroxylation sites is 1. The summed E-state index contributed by atoms with van der Waals surface area (Å²) in [5, 5.41) is 6.84. The zero-order chi connectivity index (χ0) is 20.5. The molecule has 1 fully saturated rings. The van der Waals surface area contributed by atoms with Crippen molar-refractivity contribution in [3.8, 4) is 5.75 Å². The molecule has 2 aromatic rings. The average Bonchev–Trinajstić information content (AvgIpc) is 3.27. The Morgan fingerprint density at radius 3 is 2.37 bits per heavy atom. The third kappa shape index (κ3) is 7.16. The maximum atomic E-state index is 5.48. The number of halogens is 1. The Hall–Kier alpha value is -1.80. The van der Waals surface area contributed by atoms with E-state index in [4.69, 9.17) is 4.74 Å². The van der Waals surface area contributed by atoms with Crippen LogP contribution in [0, 0.1) is 0 Å². The van der Waals surface area contributed by atoms with Gasteiger partial charge in [0, 0.05) is 32.6 Å². The number of benzene rings is 2. The fraction of sp³-hybridized carbons (Fsp3) is 0.458. The van der Waals surface area contributed by atoms with Crippen LogP contribution in [0.2, 0.25) is 0 Å². The number of aliphatic imine (C=N–C) groups is 1. The van der Waals surface area contributed by atoms with Gasteiger partial charge in [-0.2, -0.15) is 0 Å². The highest BCUT2D eigenvalue weighted by molar-refractivity contribution is 14.0. The van der Waals surface area contributed by atoms with Gasteiger partial charge in [-0.3, -0.25) is 9.89 Å². The lowest BCUT2D eigenvalue weighted by molar-refractivity contribution is 0.331. The molecular formula is C24H35IN4O. The average molecular weight is 522 g/mol. The van der Waals surface area contributed by atoms with Gasteiger partial charge in [-0.15, -0.1) is 24.0 Å². The second kappa shape index (κ2) is 12.8. The zero-order valence-corrected chi connectivity index (χ0v) is 20.7. The summed E-state index contributed by atoms with van der Waals surface area (Å²) < 4.78 is 5.48. The smallest absolute Gasteiger partial charge is 0.191 e. The van der Waals surface area contributed by atoms with Gasteiger partial charge in [-0.1, -0.05) is 49.4 Å². The molecule has 5 nitrogen and oxygen atoms in total. The van der Waals surface area contributed by atoms with Gasteiger partial charge in [0.25, 0.3) is 0 Å². The van der Waals surface area contributed by atoms with Crippen molar-refractivity contribution in [1.29, 1.82) is 0 Å². The molecule has 30 heavy (non-hydrogen) atoms. The number of rotatable bonds is 8. The Morgan fingerprint density at radius 1 is 1.03 bits per heavy atom. The number of likely N-dealkylation sites (tertiary alicyclic amines) is 1. The van der Waals surface area contributed by atoms with Crippen LogP contribution in [-0.4, -0.2) is 44.7 Å². The van der Waals surface area contributed by atoms with Gasteiger partial charge in [0.2, 0.25) is 0 Å². The molecule has 0 radical (unpaired) electrons. The quantitative estimate of drug-likeness (QED) is 0.307. The van der Waals surface area contributed by atoms with Gasteiger partial charge < -0.3 is 15.4 Å². The first kappa shape index (κ1) is 24.5. The molecule has 6 heteroatoms. The standard InChI is InChI=1S/C24H34N4O.HI/c1-19(22-8-4-5-9-23(22)29-3)16-26-24(25-2)27-17-20-10-12-21(13-11-20)18-28-14-6-7-15-28;/h4-5,8-13,19H,6-7,14-18H2,1-3H3,(H2,25,26,27);1H. The van der Waals surface area contributed by atoms with E-state index in [1.165, 1.54) is 42.6 Å². The first-order chi connectivity index (χ1) is 14.2. The number of ether oxygens (including phenoxy) is 1. The first-order valence-electron chi connectivity index (χ1n) is 10.6. The summed E-state index contributed by atoms with van der Waals surface area (Å²) in [4.78, 5) is 6.88. The van der Waals surface area contributed by atoms with Crippen LogP contribution in [0.3, 0.4) is 0 Å². The van der Waals surface area contributed by atoms with Crippen molar-refractivity contribution in [2.45, 2.75) is 38.8 Å². The lowest BCUT2D eigenvalue weighted by Gasteiger charge is -2.18. The predicted octanol–water partition coefficient (Wildman–Crippen LogP) is 4.38. The molecule has 1 aliphatic heterocycles. The van der Waals surface area contributed by atoms with Crippen LogP contribution >= 0.6 is 24.0 Å². The highest BCUT2D eigenvalue weighted by atomic mass is 127.